The van der Waals surface area contributed by atoms with Crippen LogP contribution in [0.1, 0.15) is 17.2 Å². The van der Waals surface area contributed by atoms with Gasteiger partial charge in [-0.2, -0.15) is 0 Å². The van der Waals surface area contributed by atoms with E-state index in [0.29, 0.717) is 0 Å². The van der Waals surface area contributed by atoms with Crippen LogP contribution in [0.3, 0.4) is 0 Å². The first kappa shape index (κ1) is 10.9. The van der Waals surface area contributed by atoms with E-state index in [9.17, 15) is 0 Å². The molecule has 0 bridgehead atoms. The Labute approximate surface area is 106 Å². The molecule has 0 aromatic heterocycles. The van der Waals surface area contributed by atoms with E-state index in [1.807, 2.05) is 36.4 Å². The highest BCUT2D eigenvalue weighted by atomic mass is 16.5. The molecule has 0 aliphatic heterocycles. The second-order valence-corrected chi connectivity index (χ2v) is 4.20. The van der Waals surface area contributed by atoms with Gasteiger partial charge in [0.05, 0.1) is 7.11 Å². The lowest BCUT2D eigenvalue weighted by Gasteiger charge is -2.14. The maximum absolute atomic E-state index is 5.96. The van der Waals surface area contributed by atoms with Crippen molar-refractivity contribution >= 4 is 6.08 Å². The van der Waals surface area contributed by atoms with Gasteiger partial charge >= 0.3 is 0 Å². The first-order chi connectivity index (χ1) is 8.86. The Hall–Kier alpha value is -2.22. The monoisotopic (exact) mass is 238 g/mol. The minimum atomic E-state index is 0.00888. The van der Waals surface area contributed by atoms with Crippen molar-refractivity contribution in [2.24, 2.45) is 0 Å². The molecule has 2 aromatic carbocycles. The molecule has 1 aliphatic rings. The quantitative estimate of drug-likeness (QED) is 0.808. The van der Waals surface area contributed by atoms with Gasteiger partial charge in [0.25, 0.3) is 0 Å². The summed E-state index contributed by atoms with van der Waals surface area (Å²) >= 11 is 0. The van der Waals surface area contributed by atoms with Crippen molar-refractivity contribution in [2.45, 2.75) is 6.10 Å². The summed E-state index contributed by atoms with van der Waals surface area (Å²) in [5, 5.41) is 0. The van der Waals surface area contributed by atoms with E-state index in [4.69, 9.17) is 9.47 Å². The topological polar surface area (TPSA) is 18.5 Å². The average Bonchev–Trinajstić information content (AvgIpc) is 2.83. The summed E-state index contributed by atoms with van der Waals surface area (Å²) in [6, 6.07) is 15.9. The molecule has 0 fully saturated rings. The molecule has 3 rings (SSSR count). The smallest absolute Gasteiger partial charge is 0.143 e. The van der Waals surface area contributed by atoms with Crippen LogP contribution in [0.15, 0.2) is 54.6 Å². The van der Waals surface area contributed by atoms with Crippen LogP contribution in [0.2, 0.25) is 0 Å². The number of benzene rings is 2. The number of rotatable bonds is 3. The summed E-state index contributed by atoms with van der Waals surface area (Å²) in [7, 11) is 1.66. The van der Waals surface area contributed by atoms with Gasteiger partial charge in [0.2, 0.25) is 0 Å². The number of hydrogen-bond acceptors (Lipinski definition) is 2. The Morgan fingerprint density at radius 1 is 0.889 bits per heavy atom. The van der Waals surface area contributed by atoms with Gasteiger partial charge in [-0.15, -0.1) is 0 Å². The zero-order valence-electron chi connectivity index (χ0n) is 10.2. The number of ether oxygens (including phenoxy) is 2. The zero-order chi connectivity index (χ0) is 12.4. The Morgan fingerprint density at radius 3 is 2.39 bits per heavy atom. The van der Waals surface area contributed by atoms with Gasteiger partial charge in [0, 0.05) is 5.56 Å². The Balaban J connectivity index is 1.80. The highest BCUT2D eigenvalue weighted by Crippen LogP contribution is 2.32. The van der Waals surface area contributed by atoms with Gasteiger partial charge in [-0.1, -0.05) is 30.3 Å². The van der Waals surface area contributed by atoms with E-state index in [0.717, 1.165) is 11.5 Å². The molecule has 1 aliphatic carbocycles. The number of fused-ring (bicyclic) bond motifs is 1. The number of methoxy groups -OCH3 is 1. The van der Waals surface area contributed by atoms with Crippen molar-refractivity contribution in [3.63, 3.8) is 0 Å². The van der Waals surface area contributed by atoms with E-state index >= 15 is 0 Å². The highest BCUT2D eigenvalue weighted by Gasteiger charge is 2.17. The van der Waals surface area contributed by atoms with Crippen molar-refractivity contribution in [1.82, 2.24) is 0 Å². The number of hydrogen-bond donors (Lipinski definition) is 0. The Kier molecular flexibility index (Phi) is 2.77. The van der Waals surface area contributed by atoms with Crippen molar-refractivity contribution < 1.29 is 9.47 Å². The third-order valence-electron chi connectivity index (χ3n) is 3.08. The fraction of sp³-hybridized carbons (Fsp3) is 0.125. The SMILES string of the molecule is COc1ccc(OC2C=Cc3ccccc32)cc1. The van der Waals surface area contributed by atoms with Gasteiger partial charge in [-0.3, -0.25) is 0 Å². The Bertz CT molecular complexity index is 570. The second kappa shape index (κ2) is 4.57. The molecule has 1 atom stereocenters. The van der Waals surface area contributed by atoms with Crippen molar-refractivity contribution in [2.75, 3.05) is 7.11 Å². The van der Waals surface area contributed by atoms with Crippen LogP contribution in [0.4, 0.5) is 0 Å². The lowest BCUT2D eigenvalue weighted by atomic mass is 10.1. The molecular formula is C16H14O2. The maximum Gasteiger partial charge on any atom is 0.143 e. The third kappa shape index (κ3) is 1.97. The molecular weight excluding hydrogens is 224 g/mol. The zero-order valence-corrected chi connectivity index (χ0v) is 10.2. The van der Waals surface area contributed by atoms with Crippen LogP contribution in [-0.4, -0.2) is 7.11 Å². The Morgan fingerprint density at radius 2 is 1.61 bits per heavy atom. The predicted molar refractivity (Wildman–Crippen MR) is 71.8 cm³/mol. The van der Waals surface area contributed by atoms with E-state index in [1.165, 1.54) is 11.1 Å². The molecule has 0 spiro atoms. The van der Waals surface area contributed by atoms with E-state index in [2.05, 4.69) is 24.3 Å². The van der Waals surface area contributed by atoms with Gasteiger partial charge < -0.3 is 9.47 Å². The second-order valence-electron chi connectivity index (χ2n) is 4.20. The van der Waals surface area contributed by atoms with Gasteiger partial charge in [-0.25, -0.2) is 0 Å². The van der Waals surface area contributed by atoms with Crippen molar-refractivity contribution in [3.05, 3.63) is 65.7 Å². The first-order valence-electron chi connectivity index (χ1n) is 5.94. The van der Waals surface area contributed by atoms with E-state index in [1.54, 1.807) is 7.11 Å². The van der Waals surface area contributed by atoms with Crippen LogP contribution in [0.25, 0.3) is 6.08 Å². The third-order valence-corrected chi connectivity index (χ3v) is 3.08. The van der Waals surface area contributed by atoms with Gasteiger partial charge in [0.15, 0.2) is 0 Å². The maximum atomic E-state index is 5.96. The van der Waals surface area contributed by atoms with E-state index < -0.39 is 0 Å². The molecule has 2 nitrogen and oxygen atoms in total. The average molecular weight is 238 g/mol. The fourth-order valence-corrected chi connectivity index (χ4v) is 2.12. The van der Waals surface area contributed by atoms with Crippen LogP contribution < -0.4 is 9.47 Å². The van der Waals surface area contributed by atoms with Crippen LogP contribution >= 0.6 is 0 Å². The normalized spacial score (nSPS) is 16.4. The molecule has 90 valence electrons. The minimum Gasteiger partial charge on any atom is -0.497 e. The summed E-state index contributed by atoms with van der Waals surface area (Å²) in [4.78, 5) is 0. The van der Waals surface area contributed by atoms with Crippen LogP contribution in [0.5, 0.6) is 11.5 Å². The molecule has 2 aromatic rings. The summed E-state index contributed by atoms with van der Waals surface area (Å²) < 4.78 is 11.1. The van der Waals surface area contributed by atoms with Crippen LogP contribution in [-0.2, 0) is 0 Å². The van der Waals surface area contributed by atoms with Crippen molar-refractivity contribution in [3.8, 4) is 11.5 Å². The molecule has 0 radical (unpaired) electrons. The molecule has 18 heavy (non-hydrogen) atoms. The fourth-order valence-electron chi connectivity index (χ4n) is 2.12. The molecule has 0 amide bonds. The highest BCUT2D eigenvalue weighted by molar-refractivity contribution is 5.61. The van der Waals surface area contributed by atoms with E-state index in [-0.39, 0.29) is 6.10 Å². The molecule has 0 N–H and O–H groups in total. The lowest BCUT2D eigenvalue weighted by Crippen LogP contribution is -2.02. The standard InChI is InChI=1S/C16H14O2/c1-17-13-7-9-14(10-8-13)18-16-11-6-12-4-2-3-5-15(12)16/h2-11,16H,1H3. The first-order valence-corrected chi connectivity index (χ1v) is 5.94. The molecule has 1 unspecified atom stereocenters. The molecule has 0 saturated heterocycles. The summed E-state index contributed by atoms with van der Waals surface area (Å²) in [5.41, 5.74) is 2.45. The molecule has 0 heterocycles. The summed E-state index contributed by atoms with van der Waals surface area (Å²) in [5.74, 6) is 1.69. The van der Waals surface area contributed by atoms with Gasteiger partial charge in [-0.05, 0) is 35.9 Å². The van der Waals surface area contributed by atoms with Gasteiger partial charge in [0.1, 0.15) is 17.6 Å². The molecule has 0 saturated carbocycles. The summed E-state index contributed by atoms with van der Waals surface area (Å²) in [6.07, 6.45) is 4.19. The minimum absolute atomic E-state index is 0.00888. The molecule has 2 heteroatoms. The lowest BCUT2D eigenvalue weighted by molar-refractivity contribution is 0.258. The largest absolute Gasteiger partial charge is 0.497 e. The van der Waals surface area contributed by atoms with Crippen molar-refractivity contribution in [1.29, 1.82) is 0 Å². The predicted octanol–water partition coefficient (Wildman–Crippen LogP) is 3.84. The van der Waals surface area contributed by atoms with Crippen LogP contribution in [0, 0.1) is 0 Å². The summed E-state index contributed by atoms with van der Waals surface area (Å²) in [6.45, 7) is 0.